The van der Waals surface area contributed by atoms with Crippen LogP contribution in [0, 0.1) is 0 Å². The first-order valence-electron chi connectivity index (χ1n) is 6.77. The summed E-state index contributed by atoms with van der Waals surface area (Å²) in [5.74, 6) is 0. The number of hydrogen-bond donors (Lipinski definition) is 1. The van der Waals surface area contributed by atoms with Crippen LogP contribution in [0.5, 0.6) is 0 Å². The molecule has 0 amide bonds. The Morgan fingerprint density at radius 2 is 2.00 bits per heavy atom. The molecular weight excluding hydrogens is 318 g/mol. The predicted octanol–water partition coefficient (Wildman–Crippen LogP) is 5.41. The first kappa shape index (κ1) is 14.8. The van der Waals surface area contributed by atoms with E-state index in [1.807, 2.05) is 11.3 Å². The Labute approximate surface area is 128 Å². The minimum absolute atomic E-state index is 0.435. The Morgan fingerprint density at radius 1 is 1.21 bits per heavy atom. The molecule has 0 aliphatic rings. The summed E-state index contributed by atoms with van der Waals surface area (Å²) in [7, 11) is 0. The van der Waals surface area contributed by atoms with Crippen molar-refractivity contribution in [2.75, 3.05) is 6.54 Å². The SMILES string of the molecule is CCNC(C)c1ccc(-c2ccc(Br)cc2CC)s1. The topological polar surface area (TPSA) is 12.0 Å². The molecule has 1 aromatic carbocycles. The molecule has 0 aliphatic heterocycles. The van der Waals surface area contributed by atoms with Gasteiger partial charge >= 0.3 is 0 Å². The molecule has 0 radical (unpaired) electrons. The highest BCUT2D eigenvalue weighted by molar-refractivity contribution is 9.10. The Kier molecular flexibility index (Phi) is 5.20. The van der Waals surface area contributed by atoms with Crippen LogP contribution in [-0.2, 0) is 6.42 Å². The second-order valence-electron chi connectivity index (χ2n) is 4.64. The van der Waals surface area contributed by atoms with E-state index in [9.17, 15) is 0 Å². The van der Waals surface area contributed by atoms with Gasteiger partial charge in [-0.05, 0) is 55.3 Å². The van der Waals surface area contributed by atoms with Gasteiger partial charge in [0.05, 0.1) is 0 Å². The molecule has 1 heterocycles. The summed E-state index contributed by atoms with van der Waals surface area (Å²) in [6.07, 6.45) is 1.06. The lowest BCUT2D eigenvalue weighted by atomic mass is 10.0. The van der Waals surface area contributed by atoms with Crippen LogP contribution in [0.4, 0.5) is 0 Å². The number of aryl methyl sites for hydroxylation is 1. The van der Waals surface area contributed by atoms with Gasteiger partial charge in [-0.1, -0.05) is 35.8 Å². The van der Waals surface area contributed by atoms with Crippen LogP contribution in [-0.4, -0.2) is 6.54 Å². The molecule has 2 rings (SSSR count). The first-order valence-corrected chi connectivity index (χ1v) is 8.38. The number of rotatable bonds is 5. The number of hydrogen-bond acceptors (Lipinski definition) is 2. The molecular formula is C16H20BrNS. The summed E-state index contributed by atoms with van der Waals surface area (Å²) >= 11 is 5.44. The van der Waals surface area contributed by atoms with Gasteiger partial charge in [0.1, 0.15) is 0 Å². The van der Waals surface area contributed by atoms with Gasteiger partial charge in [0.25, 0.3) is 0 Å². The zero-order valence-electron chi connectivity index (χ0n) is 11.7. The lowest BCUT2D eigenvalue weighted by Crippen LogP contribution is -2.16. The van der Waals surface area contributed by atoms with Crippen molar-refractivity contribution in [1.29, 1.82) is 0 Å². The minimum atomic E-state index is 0.435. The van der Waals surface area contributed by atoms with E-state index >= 15 is 0 Å². The van der Waals surface area contributed by atoms with Crippen LogP contribution < -0.4 is 5.32 Å². The monoisotopic (exact) mass is 337 g/mol. The predicted molar refractivity (Wildman–Crippen MR) is 88.9 cm³/mol. The number of thiophene rings is 1. The van der Waals surface area contributed by atoms with Crippen molar-refractivity contribution in [2.24, 2.45) is 0 Å². The molecule has 0 fully saturated rings. The Bertz CT molecular complexity index is 547. The molecule has 2 aromatic rings. The van der Waals surface area contributed by atoms with Gasteiger partial charge < -0.3 is 5.32 Å². The normalized spacial score (nSPS) is 12.6. The zero-order chi connectivity index (χ0) is 13.8. The molecule has 0 saturated carbocycles. The van der Waals surface area contributed by atoms with Gasteiger partial charge in [-0.15, -0.1) is 11.3 Å². The van der Waals surface area contributed by atoms with Gasteiger partial charge in [-0.25, -0.2) is 0 Å². The van der Waals surface area contributed by atoms with Crippen LogP contribution in [0.3, 0.4) is 0 Å². The molecule has 1 N–H and O–H groups in total. The second kappa shape index (κ2) is 6.69. The molecule has 1 aromatic heterocycles. The summed E-state index contributed by atoms with van der Waals surface area (Å²) in [5.41, 5.74) is 2.77. The summed E-state index contributed by atoms with van der Waals surface area (Å²) in [6.45, 7) is 7.59. The maximum absolute atomic E-state index is 3.55. The van der Waals surface area contributed by atoms with Crippen molar-refractivity contribution in [3.05, 3.63) is 45.2 Å². The molecule has 1 nitrogen and oxygen atoms in total. The Hall–Kier alpha value is -0.640. The van der Waals surface area contributed by atoms with E-state index in [1.165, 1.54) is 20.9 Å². The molecule has 1 unspecified atom stereocenters. The molecule has 3 heteroatoms. The highest BCUT2D eigenvalue weighted by Crippen LogP contribution is 2.34. The van der Waals surface area contributed by atoms with Gasteiger partial charge in [-0.3, -0.25) is 0 Å². The third-order valence-corrected chi connectivity index (χ3v) is 5.07. The van der Waals surface area contributed by atoms with Crippen molar-refractivity contribution < 1.29 is 0 Å². The third-order valence-electron chi connectivity index (χ3n) is 3.28. The largest absolute Gasteiger partial charge is 0.310 e. The van der Waals surface area contributed by atoms with E-state index in [0.29, 0.717) is 6.04 Å². The van der Waals surface area contributed by atoms with Crippen molar-refractivity contribution in [1.82, 2.24) is 5.32 Å². The number of halogens is 1. The quantitative estimate of drug-likeness (QED) is 0.768. The molecule has 102 valence electrons. The van der Waals surface area contributed by atoms with Crippen LogP contribution in [0.15, 0.2) is 34.8 Å². The Morgan fingerprint density at radius 3 is 2.68 bits per heavy atom. The summed E-state index contributed by atoms with van der Waals surface area (Å²) < 4.78 is 1.16. The molecule has 0 bridgehead atoms. The fourth-order valence-corrected chi connectivity index (χ4v) is 3.74. The molecule has 1 atom stereocenters. The smallest absolute Gasteiger partial charge is 0.0386 e. The van der Waals surface area contributed by atoms with E-state index in [-0.39, 0.29) is 0 Å². The van der Waals surface area contributed by atoms with Crippen molar-refractivity contribution in [2.45, 2.75) is 33.2 Å². The maximum Gasteiger partial charge on any atom is 0.0386 e. The van der Waals surface area contributed by atoms with E-state index in [1.54, 1.807) is 0 Å². The number of nitrogens with one attached hydrogen (secondary N) is 1. The highest BCUT2D eigenvalue weighted by atomic mass is 79.9. The molecule has 0 saturated heterocycles. The van der Waals surface area contributed by atoms with Crippen LogP contribution >= 0.6 is 27.3 Å². The standard InChI is InChI=1S/C16H20BrNS/c1-4-12-10-13(17)6-7-14(12)16-9-8-15(19-16)11(3)18-5-2/h6-11,18H,4-5H2,1-3H3. The average molecular weight is 338 g/mol. The van der Waals surface area contributed by atoms with Crippen LogP contribution in [0.2, 0.25) is 0 Å². The molecule has 0 spiro atoms. The summed E-state index contributed by atoms with van der Waals surface area (Å²) in [4.78, 5) is 2.77. The van der Waals surface area contributed by atoms with Crippen molar-refractivity contribution in [3.63, 3.8) is 0 Å². The molecule has 19 heavy (non-hydrogen) atoms. The van der Waals surface area contributed by atoms with E-state index in [2.05, 4.69) is 72.3 Å². The lowest BCUT2D eigenvalue weighted by molar-refractivity contribution is 0.607. The van der Waals surface area contributed by atoms with E-state index < -0.39 is 0 Å². The summed E-state index contributed by atoms with van der Waals surface area (Å²) in [5, 5.41) is 3.47. The fourth-order valence-electron chi connectivity index (χ4n) is 2.23. The minimum Gasteiger partial charge on any atom is -0.310 e. The first-order chi connectivity index (χ1) is 9.15. The highest BCUT2D eigenvalue weighted by Gasteiger charge is 2.11. The maximum atomic E-state index is 3.55. The second-order valence-corrected chi connectivity index (χ2v) is 6.67. The zero-order valence-corrected chi connectivity index (χ0v) is 14.1. The fraction of sp³-hybridized carbons (Fsp3) is 0.375. The van der Waals surface area contributed by atoms with Gasteiger partial charge in [0.15, 0.2) is 0 Å². The average Bonchev–Trinajstić information content (AvgIpc) is 2.88. The number of benzene rings is 1. The van der Waals surface area contributed by atoms with Gasteiger partial charge in [0, 0.05) is 20.3 Å². The molecule has 0 aliphatic carbocycles. The van der Waals surface area contributed by atoms with Gasteiger partial charge in [0.2, 0.25) is 0 Å². The van der Waals surface area contributed by atoms with Crippen LogP contribution in [0.25, 0.3) is 10.4 Å². The summed E-state index contributed by atoms with van der Waals surface area (Å²) in [6, 6.07) is 11.5. The Balaban J connectivity index is 2.32. The van der Waals surface area contributed by atoms with E-state index in [0.717, 1.165) is 17.4 Å². The third kappa shape index (κ3) is 3.47. The van der Waals surface area contributed by atoms with E-state index in [4.69, 9.17) is 0 Å². The van der Waals surface area contributed by atoms with Crippen LogP contribution in [0.1, 0.15) is 37.3 Å². The van der Waals surface area contributed by atoms with Gasteiger partial charge in [-0.2, -0.15) is 0 Å². The van der Waals surface area contributed by atoms with Crippen molar-refractivity contribution >= 4 is 27.3 Å². The van der Waals surface area contributed by atoms with Crippen molar-refractivity contribution in [3.8, 4) is 10.4 Å². The lowest BCUT2D eigenvalue weighted by Gasteiger charge is -2.09.